The van der Waals surface area contributed by atoms with Crippen LogP contribution < -0.4 is 56.1 Å². The molecule has 0 aromatic heterocycles. The molecule has 1 fully saturated rings. The standard InChI is InChI=1S/C13H17N2O2.K/c1-2-14-8-10-15(11-9-14)13(16)17-12-6-4-3-5-7-12;/h4-7H,2,8-11H2,1H3;/q-1;+1. The summed E-state index contributed by atoms with van der Waals surface area (Å²) in [4.78, 5) is 15.9. The molecule has 0 radical (unpaired) electrons. The van der Waals surface area contributed by atoms with Crippen molar-refractivity contribution in [2.24, 2.45) is 0 Å². The van der Waals surface area contributed by atoms with E-state index in [1.165, 1.54) is 0 Å². The zero-order valence-electron chi connectivity index (χ0n) is 11.1. The SMILES string of the molecule is CCN1CCN(C(=O)Oc2cc[c-]cc2)CC1.[K+]. The second kappa shape index (κ2) is 8.30. The topological polar surface area (TPSA) is 32.8 Å². The number of carbonyl (C=O) groups is 1. The fourth-order valence-corrected chi connectivity index (χ4v) is 1.85. The van der Waals surface area contributed by atoms with Crippen LogP contribution in [0.2, 0.25) is 0 Å². The number of rotatable bonds is 2. The first-order chi connectivity index (χ1) is 8.29. The Morgan fingerprint density at radius 2 is 1.89 bits per heavy atom. The predicted molar refractivity (Wildman–Crippen MR) is 65.0 cm³/mol. The Bertz CT molecular complexity index is 365. The second-order valence-corrected chi connectivity index (χ2v) is 4.02. The minimum absolute atomic E-state index is 0. The number of carbonyl (C=O) groups excluding carboxylic acids is 1. The van der Waals surface area contributed by atoms with Crippen molar-refractivity contribution in [1.29, 1.82) is 0 Å². The Balaban J connectivity index is 0.00000162. The third-order valence-corrected chi connectivity index (χ3v) is 2.97. The van der Waals surface area contributed by atoms with Crippen LogP contribution in [-0.4, -0.2) is 48.6 Å². The van der Waals surface area contributed by atoms with Gasteiger partial charge in [-0.3, -0.25) is 0 Å². The molecule has 2 rings (SSSR count). The van der Waals surface area contributed by atoms with Crippen LogP contribution in [0.25, 0.3) is 0 Å². The molecule has 92 valence electrons. The first kappa shape index (κ1) is 16.1. The molecule has 0 atom stereocenters. The summed E-state index contributed by atoms with van der Waals surface area (Å²) >= 11 is 0. The van der Waals surface area contributed by atoms with Gasteiger partial charge in [0.15, 0.2) is 0 Å². The molecule has 0 aliphatic carbocycles. The van der Waals surface area contributed by atoms with Gasteiger partial charge in [-0.2, -0.15) is 18.2 Å². The van der Waals surface area contributed by atoms with Crippen LogP contribution in [0.1, 0.15) is 6.92 Å². The summed E-state index contributed by atoms with van der Waals surface area (Å²) in [5.41, 5.74) is 0. The third-order valence-electron chi connectivity index (χ3n) is 2.97. The molecule has 4 nitrogen and oxygen atoms in total. The Morgan fingerprint density at radius 3 is 2.44 bits per heavy atom. The van der Waals surface area contributed by atoms with Crippen LogP contribution in [-0.2, 0) is 0 Å². The summed E-state index contributed by atoms with van der Waals surface area (Å²) in [5, 5.41) is 0. The summed E-state index contributed by atoms with van der Waals surface area (Å²) in [6, 6.07) is 9.83. The van der Waals surface area contributed by atoms with Crippen molar-refractivity contribution >= 4 is 6.09 Å². The molecule has 1 aromatic rings. The molecule has 0 saturated carbocycles. The minimum atomic E-state index is -0.257. The van der Waals surface area contributed by atoms with Crippen molar-refractivity contribution < 1.29 is 60.9 Å². The molecule has 1 saturated heterocycles. The van der Waals surface area contributed by atoms with E-state index in [1.807, 2.05) is 0 Å². The van der Waals surface area contributed by atoms with Crippen LogP contribution >= 0.6 is 0 Å². The molecule has 1 heterocycles. The van der Waals surface area contributed by atoms with Crippen LogP contribution in [0.15, 0.2) is 24.3 Å². The average Bonchev–Trinajstić information content (AvgIpc) is 2.40. The van der Waals surface area contributed by atoms with E-state index in [0.717, 1.165) is 32.7 Å². The predicted octanol–water partition coefficient (Wildman–Crippen LogP) is -1.37. The van der Waals surface area contributed by atoms with Crippen molar-refractivity contribution in [2.75, 3.05) is 32.7 Å². The summed E-state index contributed by atoms with van der Waals surface area (Å²) in [7, 11) is 0. The monoisotopic (exact) mass is 272 g/mol. The van der Waals surface area contributed by atoms with E-state index in [9.17, 15) is 4.79 Å². The molecule has 18 heavy (non-hydrogen) atoms. The summed E-state index contributed by atoms with van der Waals surface area (Å²) < 4.78 is 5.27. The fraction of sp³-hybridized carbons (Fsp3) is 0.462. The summed E-state index contributed by atoms with van der Waals surface area (Å²) in [6.45, 7) is 6.51. The molecule has 1 aliphatic heterocycles. The van der Waals surface area contributed by atoms with Crippen molar-refractivity contribution in [3.05, 3.63) is 30.3 Å². The van der Waals surface area contributed by atoms with E-state index in [1.54, 1.807) is 29.2 Å². The number of hydrogen-bond donors (Lipinski definition) is 0. The van der Waals surface area contributed by atoms with E-state index in [4.69, 9.17) is 4.74 Å². The van der Waals surface area contributed by atoms with Crippen molar-refractivity contribution in [3.63, 3.8) is 0 Å². The van der Waals surface area contributed by atoms with E-state index in [2.05, 4.69) is 17.9 Å². The first-order valence-corrected chi connectivity index (χ1v) is 5.95. The van der Waals surface area contributed by atoms with Gasteiger partial charge < -0.3 is 14.5 Å². The van der Waals surface area contributed by atoms with Gasteiger partial charge in [0.25, 0.3) is 0 Å². The Hall–Kier alpha value is 0.0864. The normalized spacial score (nSPS) is 15.9. The van der Waals surface area contributed by atoms with Crippen LogP contribution in [0.5, 0.6) is 5.75 Å². The van der Waals surface area contributed by atoms with E-state index in [0.29, 0.717) is 5.75 Å². The molecule has 0 bridgehead atoms. The van der Waals surface area contributed by atoms with Gasteiger partial charge in [0.05, 0.1) is 0 Å². The number of ether oxygens (including phenoxy) is 1. The number of benzene rings is 1. The van der Waals surface area contributed by atoms with E-state index in [-0.39, 0.29) is 57.5 Å². The molecule has 0 N–H and O–H groups in total. The molecule has 0 unspecified atom stereocenters. The van der Waals surface area contributed by atoms with Gasteiger partial charge in [0.2, 0.25) is 0 Å². The molecule has 5 heteroatoms. The van der Waals surface area contributed by atoms with Gasteiger partial charge in [-0.05, 0) is 6.54 Å². The summed E-state index contributed by atoms with van der Waals surface area (Å²) in [6.07, 6.45) is -0.257. The van der Waals surface area contributed by atoms with Gasteiger partial charge in [0, 0.05) is 31.9 Å². The van der Waals surface area contributed by atoms with Crippen LogP contribution in [0.3, 0.4) is 0 Å². The average molecular weight is 272 g/mol. The van der Waals surface area contributed by atoms with Gasteiger partial charge in [-0.15, -0.1) is 12.1 Å². The number of hydrogen-bond acceptors (Lipinski definition) is 3. The van der Waals surface area contributed by atoms with Gasteiger partial charge in [0.1, 0.15) is 0 Å². The maximum absolute atomic E-state index is 11.8. The van der Waals surface area contributed by atoms with E-state index >= 15 is 0 Å². The maximum atomic E-state index is 11.8. The fourth-order valence-electron chi connectivity index (χ4n) is 1.85. The van der Waals surface area contributed by atoms with Gasteiger partial charge >= 0.3 is 57.5 Å². The van der Waals surface area contributed by atoms with Gasteiger partial charge in [-0.25, -0.2) is 4.79 Å². The molecule has 1 amide bonds. The van der Waals surface area contributed by atoms with E-state index < -0.39 is 0 Å². The zero-order chi connectivity index (χ0) is 12.1. The molecule has 1 aliphatic rings. The van der Waals surface area contributed by atoms with Gasteiger partial charge in [-0.1, -0.05) is 6.92 Å². The number of piperazine rings is 1. The second-order valence-electron chi connectivity index (χ2n) is 4.02. The maximum Gasteiger partial charge on any atom is 1.00 e. The largest absolute Gasteiger partial charge is 1.00 e. The van der Waals surface area contributed by atoms with Crippen LogP contribution in [0, 0.1) is 6.07 Å². The number of nitrogens with zero attached hydrogens (tertiary/aromatic N) is 2. The molecule has 1 aromatic carbocycles. The molecule has 0 spiro atoms. The molecular formula is C13H17KN2O2. The quantitative estimate of drug-likeness (QED) is 0.492. The zero-order valence-corrected chi connectivity index (χ0v) is 14.2. The van der Waals surface area contributed by atoms with Crippen molar-refractivity contribution in [2.45, 2.75) is 6.92 Å². The van der Waals surface area contributed by atoms with Crippen molar-refractivity contribution in [3.8, 4) is 5.75 Å². The smallest absolute Gasteiger partial charge is 0.437 e. The Kier molecular flexibility index (Phi) is 7.44. The number of amides is 1. The Labute approximate surface area is 151 Å². The third kappa shape index (κ3) is 4.64. The van der Waals surface area contributed by atoms with Crippen LogP contribution in [0.4, 0.5) is 4.79 Å². The first-order valence-electron chi connectivity index (χ1n) is 5.95. The Morgan fingerprint density at radius 1 is 1.28 bits per heavy atom. The summed E-state index contributed by atoms with van der Waals surface area (Å²) in [5.74, 6) is 0.576. The van der Waals surface area contributed by atoms with Crippen molar-refractivity contribution in [1.82, 2.24) is 9.80 Å². The molecular weight excluding hydrogens is 255 g/mol. The minimum Gasteiger partial charge on any atom is -0.437 e. The number of likely N-dealkylation sites (N-methyl/N-ethyl adjacent to an activating group) is 1.